The number of ketones is 1. The second kappa shape index (κ2) is 17.0. The van der Waals surface area contributed by atoms with Crippen molar-refractivity contribution < 1.29 is 24.1 Å². The summed E-state index contributed by atoms with van der Waals surface area (Å²) in [6.07, 6.45) is 9.10. The van der Waals surface area contributed by atoms with Crippen LogP contribution in [-0.4, -0.2) is 56.1 Å². The van der Waals surface area contributed by atoms with Gasteiger partial charge in [0, 0.05) is 12.3 Å². The topological polar surface area (TPSA) is 65.0 Å². The van der Waals surface area contributed by atoms with Crippen LogP contribution in [0, 0.1) is 5.92 Å². The molecule has 0 spiro atoms. The lowest BCUT2D eigenvalue weighted by Gasteiger charge is -2.23. The number of Topliss-reactive ketones (excluding diaryl/α,β-unsaturated/α-hetero) is 1. The number of ether oxygens (including phenoxy) is 3. The van der Waals surface area contributed by atoms with Crippen LogP contribution in [0.15, 0.2) is 0 Å². The summed E-state index contributed by atoms with van der Waals surface area (Å²) in [6, 6.07) is 0. The maximum atomic E-state index is 11.4. The van der Waals surface area contributed by atoms with E-state index in [0.717, 1.165) is 6.42 Å². The molecule has 5 nitrogen and oxygen atoms in total. The van der Waals surface area contributed by atoms with Crippen LogP contribution in [0.25, 0.3) is 0 Å². The highest BCUT2D eigenvalue weighted by atomic mass is 16.5. The predicted octanol–water partition coefficient (Wildman–Crippen LogP) is 3.76. The van der Waals surface area contributed by atoms with E-state index in [-0.39, 0.29) is 18.3 Å². The number of hydrogen-bond donors (Lipinski definition) is 1. The molecule has 0 aromatic heterocycles. The average Bonchev–Trinajstić information content (AvgIpc) is 2.61. The molecule has 0 amide bonds. The molecule has 150 valence electrons. The van der Waals surface area contributed by atoms with Crippen molar-refractivity contribution in [2.24, 2.45) is 5.92 Å². The van der Waals surface area contributed by atoms with E-state index in [1.54, 1.807) is 0 Å². The van der Waals surface area contributed by atoms with Gasteiger partial charge in [0.15, 0.2) is 0 Å². The monoisotopic (exact) mass is 360 g/mol. The molecule has 5 heteroatoms. The van der Waals surface area contributed by atoms with E-state index in [1.165, 1.54) is 32.1 Å². The van der Waals surface area contributed by atoms with Crippen LogP contribution in [0.2, 0.25) is 0 Å². The molecule has 1 saturated carbocycles. The van der Waals surface area contributed by atoms with Gasteiger partial charge >= 0.3 is 0 Å². The fourth-order valence-corrected chi connectivity index (χ4v) is 2.62. The molecule has 1 aliphatic carbocycles. The molecular weight excluding hydrogens is 320 g/mol. The number of aliphatic hydroxyl groups excluding tert-OH is 1. The molecule has 1 atom stereocenters. The highest BCUT2D eigenvalue weighted by Gasteiger charge is 2.14. The Hall–Kier alpha value is -0.490. The molecule has 0 aliphatic heterocycles. The molecule has 1 fully saturated rings. The van der Waals surface area contributed by atoms with Crippen molar-refractivity contribution in [3.05, 3.63) is 0 Å². The number of rotatable bonds is 12. The average molecular weight is 361 g/mol. The van der Waals surface area contributed by atoms with Crippen molar-refractivity contribution in [3.63, 3.8) is 0 Å². The first-order valence-electron chi connectivity index (χ1n) is 9.95. The molecule has 0 aromatic rings. The molecule has 25 heavy (non-hydrogen) atoms. The summed E-state index contributed by atoms with van der Waals surface area (Å²) < 4.78 is 15.9. The highest BCUT2D eigenvalue weighted by Crippen LogP contribution is 2.21. The third kappa shape index (κ3) is 15.5. The Kier molecular flexibility index (Phi) is 16.6. The Bertz CT molecular complexity index is 300. The van der Waals surface area contributed by atoms with Gasteiger partial charge in [-0.3, -0.25) is 4.79 Å². The summed E-state index contributed by atoms with van der Waals surface area (Å²) in [5, 5.41) is 8.42. The zero-order valence-electron chi connectivity index (χ0n) is 16.8. The highest BCUT2D eigenvalue weighted by molar-refractivity contribution is 5.80. The summed E-state index contributed by atoms with van der Waals surface area (Å²) in [7, 11) is 0. The molecule has 1 unspecified atom stereocenters. The van der Waals surface area contributed by atoms with Gasteiger partial charge in [-0.1, -0.05) is 33.1 Å². The van der Waals surface area contributed by atoms with E-state index in [4.69, 9.17) is 19.3 Å². The molecule has 0 radical (unpaired) electrons. The van der Waals surface area contributed by atoms with Gasteiger partial charge < -0.3 is 19.3 Å². The van der Waals surface area contributed by atoms with Crippen LogP contribution in [-0.2, 0) is 19.0 Å². The Labute approximate surface area is 154 Å². The van der Waals surface area contributed by atoms with Crippen LogP contribution in [0.5, 0.6) is 0 Å². The minimum atomic E-state index is 0.0342. The summed E-state index contributed by atoms with van der Waals surface area (Å²) in [5.74, 6) is 0.396. The number of hydrogen-bond acceptors (Lipinski definition) is 5. The predicted molar refractivity (Wildman–Crippen MR) is 101 cm³/mol. The summed E-state index contributed by atoms with van der Waals surface area (Å²) in [6.45, 7) is 9.97. The van der Waals surface area contributed by atoms with E-state index in [1.807, 2.05) is 13.8 Å². The number of aliphatic hydroxyl groups is 1. The van der Waals surface area contributed by atoms with Crippen LogP contribution in [0.4, 0.5) is 0 Å². The first kappa shape index (κ1) is 24.5. The second-order valence-electron chi connectivity index (χ2n) is 6.92. The first-order valence-corrected chi connectivity index (χ1v) is 9.95. The fraction of sp³-hybridized carbons (Fsp3) is 0.950. The largest absolute Gasteiger partial charge is 0.394 e. The maximum Gasteiger partial charge on any atom is 0.137 e. The van der Waals surface area contributed by atoms with E-state index in [0.29, 0.717) is 45.1 Å². The van der Waals surface area contributed by atoms with Crippen LogP contribution < -0.4 is 0 Å². The lowest BCUT2D eigenvalue weighted by atomic mass is 9.98. The van der Waals surface area contributed by atoms with Crippen molar-refractivity contribution in [3.8, 4) is 0 Å². The van der Waals surface area contributed by atoms with E-state index in [9.17, 15) is 4.79 Å². The zero-order valence-corrected chi connectivity index (χ0v) is 16.8. The third-order valence-corrected chi connectivity index (χ3v) is 4.28. The maximum absolute atomic E-state index is 11.4. The minimum Gasteiger partial charge on any atom is -0.394 e. The quantitative estimate of drug-likeness (QED) is 0.537. The molecule has 0 heterocycles. The summed E-state index contributed by atoms with van der Waals surface area (Å²) in [5.41, 5.74) is 0. The first-order chi connectivity index (χ1) is 12.0. The van der Waals surface area contributed by atoms with Crippen LogP contribution in [0.1, 0.15) is 72.6 Å². The van der Waals surface area contributed by atoms with Gasteiger partial charge in [0.25, 0.3) is 0 Å². The molecular formula is C20H40O5. The van der Waals surface area contributed by atoms with Gasteiger partial charge in [-0.25, -0.2) is 0 Å². The van der Waals surface area contributed by atoms with Gasteiger partial charge in [0.05, 0.1) is 45.2 Å². The Balaban J connectivity index is 0.000000496. The van der Waals surface area contributed by atoms with Gasteiger partial charge in [0.2, 0.25) is 0 Å². The molecule has 0 saturated heterocycles. The van der Waals surface area contributed by atoms with Crippen LogP contribution in [0.3, 0.4) is 0 Å². The number of carbonyl (C=O) groups is 1. The molecule has 1 aliphatic rings. The van der Waals surface area contributed by atoms with Gasteiger partial charge in [-0.15, -0.1) is 0 Å². The van der Waals surface area contributed by atoms with Crippen molar-refractivity contribution in [1.29, 1.82) is 0 Å². The van der Waals surface area contributed by atoms with Crippen molar-refractivity contribution in [2.45, 2.75) is 84.8 Å². The Morgan fingerprint density at radius 2 is 1.60 bits per heavy atom. The van der Waals surface area contributed by atoms with Gasteiger partial charge in [0.1, 0.15) is 5.78 Å². The molecule has 1 N–H and O–H groups in total. The van der Waals surface area contributed by atoms with Crippen LogP contribution >= 0.6 is 0 Å². The van der Waals surface area contributed by atoms with Gasteiger partial charge in [-0.05, 0) is 33.1 Å². The Morgan fingerprint density at radius 1 is 1.00 bits per heavy atom. The number of carbonyl (C=O) groups excluding carboxylic acids is 1. The third-order valence-electron chi connectivity index (χ3n) is 4.28. The lowest BCUT2D eigenvalue weighted by molar-refractivity contribution is -0.123. The normalized spacial score (nSPS) is 16.4. The van der Waals surface area contributed by atoms with Crippen molar-refractivity contribution in [2.75, 3.05) is 33.0 Å². The van der Waals surface area contributed by atoms with E-state index < -0.39 is 0 Å². The van der Waals surface area contributed by atoms with Crippen molar-refractivity contribution >= 4 is 5.78 Å². The van der Waals surface area contributed by atoms with E-state index >= 15 is 0 Å². The molecule has 0 bridgehead atoms. The zero-order chi connectivity index (χ0) is 18.9. The minimum absolute atomic E-state index is 0.0342. The Morgan fingerprint density at radius 3 is 2.12 bits per heavy atom. The summed E-state index contributed by atoms with van der Waals surface area (Å²) in [4.78, 5) is 11.4. The van der Waals surface area contributed by atoms with Gasteiger partial charge in [-0.2, -0.15) is 0 Å². The van der Waals surface area contributed by atoms with Crippen molar-refractivity contribution in [1.82, 2.24) is 0 Å². The SMILES string of the molecule is CC(C)OC1CCCCC1.CCC(C)C(=O)CCOCCOCCO. The molecule has 1 rings (SSSR count). The van der Waals surface area contributed by atoms with E-state index in [2.05, 4.69) is 13.8 Å². The smallest absolute Gasteiger partial charge is 0.137 e. The summed E-state index contributed by atoms with van der Waals surface area (Å²) >= 11 is 0. The lowest BCUT2D eigenvalue weighted by Crippen LogP contribution is -2.20. The standard InChI is InChI=1S/C11H22O4.C9H18O/c1-3-10(2)11(13)4-6-14-8-9-15-7-5-12;1-8(2)10-9-6-4-3-5-7-9/h10,12H,3-9H2,1-2H3;8-9H,3-7H2,1-2H3. The molecule has 0 aromatic carbocycles. The second-order valence-corrected chi connectivity index (χ2v) is 6.92. The fourth-order valence-electron chi connectivity index (χ4n) is 2.62.